The Hall–Kier alpha value is -1.39. The molecule has 1 aliphatic heterocycles. The fourth-order valence-electron chi connectivity index (χ4n) is 3.13. The molecular weight excluding hydrogens is 276 g/mol. The van der Waals surface area contributed by atoms with Crippen molar-refractivity contribution in [2.24, 2.45) is 0 Å². The number of unbranched alkanes of at least 4 members (excludes halogenated alkanes) is 3. The van der Waals surface area contributed by atoms with Crippen molar-refractivity contribution in [1.82, 2.24) is 10.2 Å². The molecule has 1 aliphatic rings. The van der Waals surface area contributed by atoms with E-state index in [0.717, 1.165) is 31.5 Å². The number of carbonyl (C=O) groups is 1. The second kappa shape index (κ2) is 8.91. The number of hydrogen-bond acceptors (Lipinski definition) is 3. The van der Waals surface area contributed by atoms with Gasteiger partial charge in [-0.3, -0.25) is 9.69 Å². The Labute approximate surface area is 133 Å². The zero-order chi connectivity index (χ0) is 15.8. The van der Waals surface area contributed by atoms with Crippen LogP contribution >= 0.6 is 0 Å². The van der Waals surface area contributed by atoms with Crippen molar-refractivity contribution in [2.75, 3.05) is 26.2 Å². The van der Waals surface area contributed by atoms with Crippen LogP contribution in [0.2, 0.25) is 0 Å². The Bertz CT molecular complexity index is 476. The van der Waals surface area contributed by atoms with Crippen LogP contribution in [0, 0.1) is 0 Å². The number of carbonyl (C=O) groups excluding carboxylic acids is 1. The van der Waals surface area contributed by atoms with Crippen LogP contribution < -0.4 is 5.32 Å². The Kier molecular flexibility index (Phi) is 6.87. The Morgan fingerprint density at radius 1 is 1.32 bits per heavy atom. The van der Waals surface area contributed by atoms with Crippen LogP contribution in [0.3, 0.4) is 0 Å². The van der Waals surface area contributed by atoms with Gasteiger partial charge in [0.1, 0.15) is 0 Å². The summed E-state index contributed by atoms with van der Waals surface area (Å²) >= 11 is 0. The average molecular weight is 304 g/mol. The summed E-state index contributed by atoms with van der Waals surface area (Å²) < 4.78 is 0. The summed E-state index contributed by atoms with van der Waals surface area (Å²) in [5.41, 5.74) is 2.45. The van der Waals surface area contributed by atoms with Crippen molar-refractivity contribution >= 4 is 5.91 Å². The lowest BCUT2D eigenvalue weighted by molar-refractivity contribution is -0.123. The highest BCUT2D eigenvalue weighted by atomic mass is 16.3. The van der Waals surface area contributed by atoms with Crippen LogP contribution in [-0.4, -0.2) is 42.2 Å². The topological polar surface area (TPSA) is 52.6 Å². The van der Waals surface area contributed by atoms with Crippen LogP contribution in [0.15, 0.2) is 24.3 Å². The zero-order valence-electron chi connectivity index (χ0n) is 13.6. The molecule has 1 atom stereocenters. The predicted octanol–water partition coefficient (Wildman–Crippen LogP) is 2.27. The highest BCUT2D eigenvalue weighted by Crippen LogP contribution is 2.28. The molecule has 0 fully saturated rings. The summed E-state index contributed by atoms with van der Waals surface area (Å²) in [5.74, 6) is 0.0642. The van der Waals surface area contributed by atoms with Gasteiger partial charge in [-0.1, -0.05) is 50.5 Å². The lowest BCUT2D eigenvalue weighted by Gasteiger charge is -2.35. The second-order valence-corrected chi connectivity index (χ2v) is 6.03. The smallest absolute Gasteiger partial charge is 0.234 e. The molecule has 0 aliphatic carbocycles. The van der Waals surface area contributed by atoms with E-state index < -0.39 is 0 Å². The maximum absolute atomic E-state index is 12.1. The molecular formula is C18H28N2O2. The first-order valence-electron chi connectivity index (χ1n) is 8.45. The van der Waals surface area contributed by atoms with Gasteiger partial charge in [0.05, 0.1) is 19.2 Å². The van der Waals surface area contributed by atoms with E-state index in [2.05, 4.69) is 29.3 Å². The number of aliphatic hydroxyl groups is 1. The minimum absolute atomic E-state index is 0.0563. The molecule has 0 spiro atoms. The zero-order valence-corrected chi connectivity index (χ0v) is 13.6. The molecule has 1 unspecified atom stereocenters. The Morgan fingerprint density at radius 2 is 2.14 bits per heavy atom. The number of aliphatic hydroxyl groups excluding tert-OH is 1. The molecule has 1 aromatic rings. The fraction of sp³-hybridized carbons (Fsp3) is 0.611. The molecule has 1 aromatic carbocycles. The minimum atomic E-state index is -0.0595. The van der Waals surface area contributed by atoms with Gasteiger partial charge in [-0.2, -0.15) is 0 Å². The third kappa shape index (κ3) is 4.55. The van der Waals surface area contributed by atoms with Crippen molar-refractivity contribution in [1.29, 1.82) is 0 Å². The Balaban J connectivity index is 1.83. The molecule has 1 amide bonds. The number of amides is 1. The monoisotopic (exact) mass is 304 g/mol. The van der Waals surface area contributed by atoms with Crippen molar-refractivity contribution in [3.8, 4) is 0 Å². The summed E-state index contributed by atoms with van der Waals surface area (Å²) in [6.07, 6.45) is 5.60. The van der Waals surface area contributed by atoms with Gasteiger partial charge >= 0.3 is 0 Å². The maximum Gasteiger partial charge on any atom is 0.234 e. The number of fused-ring (bicyclic) bond motifs is 1. The summed E-state index contributed by atoms with van der Waals surface area (Å²) in [7, 11) is 0. The highest BCUT2D eigenvalue weighted by molar-refractivity contribution is 5.78. The lowest BCUT2D eigenvalue weighted by atomic mass is 9.93. The van der Waals surface area contributed by atoms with E-state index in [0.29, 0.717) is 6.54 Å². The highest BCUT2D eigenvalue weighted by Gasteiger charge is 2.27. The predicted molar refractivity (Wildman–Crippen MR) is 88.7 cm³/mol. The van der Waals surface area contributed by atoms with Gasteiger partial charge in [0, 0.05) is 13.1 Å². The van der Waals surface area contributed by atoms with Crippen LogP contribution in [0.25, 0.3) is 0 Å². The third-order valence-corrected chi connectivity index (χ3v) is 4.40. The molecule has 4 heteroatoms. The van der Waals surface area contributed by atoms with Gasteiger partial charge in [-0.05, 0) is 24.0 Å². The van der Waals surface area contributed by atoms with Crippen molar-refractivity contribution in [3.05, 3.63) is 35.4 Å². The van der Waals surface area contributed by atoms with Gasteiger partial charge < -0.3 is 10.4 Å². The van der Waals surface area contributed by atoms with Gasteiger partial charge in [0.2, 0.25) is 5.91 Å². The standard InChI is InChI=1S/C18H28N2O2/c1-2-3-4-7-11-19-18(22)13-20-12-10-15-8-5-6-9-16(15)17(20)14-21/h5-6,8-9,17,21H,2-4,7,10-14H2,1H3,(H,19,22). The molecule has 122 valence electrons. The largest absolute Gasteiger partial charge is 0.394 e. The van der Waals surface area contributed by atoms with E-state index in [1.54, 1.807) is 0 Å². The first-order valence-corrected chi connectivity index (χ1v) is 8.45. The number of nitrogens with zero attached hydrogens (tertiary/aromatic N) is 1. The van der Waals surface area contributed by atoms with E-state index in [9.17, 15) is 9.90 Å². The van der Waals surface area contributed by atoms with Crippen LogP contribution in [0.4, 0.5) is 0 Å². The quantitative estimate of drug-likeness (QED) is 0.725. The summed E-state index contributed by atoms with van der Waals surface area (Å²) in [4.78, 5) is 14.2. The van der Waals surface area contributed by atoms with E-state index in [1.807, 2.05) is 12.1 Å². The molecule has 2 N–H and O–H groups in total. The molecule has 2 rings (SSSR count). The first-order chi connectivity index (χ1) is 10.8. The van der Waals surface area contributed by atoms with E-state index in [-0.39, 0.29) is 18.6 Å². The van der Waals surface area contributed by atoms with E-state index in [4.69, 9.17) is 0 Å². The number of nitrogens with one attached hydrogen (secondary N) is 1. The maximum atomic E-state index is 12.1. The first kappa shape index (κ1) is 17.0. The molecule has 0 radical (unpaired) electrons. The van der Waals surface area contributed by atoms with Crippen LogP contribution in [0.5, 0.6) is 0 Å². The molecule has 0 aromatic heterocycles. The second-order valence-electron chi connectivity index (χ2n) is 6.03. The number of benzene rings is 1. The normalized spacial score (nSPS) is 18.0. The van der Waals surface area contributed by atoms with Gasteiger partial charge in [-0.25, -0.2) is 0 Å². The van der Waals surface area contributed by atoms with Crippen molar-refractivity contribution in [2.45, 2.75) is 45.1 Å². The molecule has 1 heterocycles. The summed E-state index contributed by atoms with van der Waals surface area (Å²) in [6.45, 7) is 4.19. The van der Waals surface area contributed by atoms with Crippen LogP contribution in [0.1, 0.15) is 49.8 Å². The van der Waals surface area contributed by atoms with Gasteiger partial charge in [0.15, 0.2) is 0 Å². The van der Waals surface area contributed by atoms with Crippen molar-refractivity contribution in [3.63, 3.8) is 0 Å². The lowest BCUT2D eigenvalue weighted by Crippen LogP contribution is -2.44. The van der Waals surface area contributed by atoms with Gasteiger partial charge in [-0.15, -0.1) is 0 Å². The molecule has 4 nitrogen and oxygen atoms in total. The number of hydrogen-bond donors (Lipinski definition) is 2. The Morgan fingerprint density at radius 3 is 2.91 bits per heavy atom. The third-order valence-electron chi connectivity index (χ3n) is 4.40. The minimum Gasteiger partial charge on any atom is -0.394 e. The van der Waals surface area contributed by atoms with Gasteiger partial charge in [0.25, 0.3) is 0 Å². The fourth-order valence-corrected chi connectivity index (χ4v) is 3.13. The average Bonchev–Trinajstić information content (AvgIpc) is 2.54. The molecule has 22 heavy (non-hydrogen) atoms. The SMILES string of the molecule is CCCCCCNC(=O)CN1CCc2ccccc2C1CO. The van der Waals surface area contributed by atoms with Crippen LogP contribution in [-0.2, 0) is 11.2 Å². The number of rotatable bonds is 8. The molecule has 0 saturated carbocycles. The van der Waals surface area contributed by atoms with E-state index >= 15 is 0 Å². The summed E-state index contributed by atoms with van der Waals surface area (Å²) in [5, 5.41) is 12.7. The molecule has 0 saturated heterocycles. The molecule has 0 bridgehead atoms. The summed E-state index contributed by atoms with van der Waals surface area (Å²) in [6, 6.07) is 8.15. The van der Waals surface area contributed by atoms with E-state index in [1.165, 1.54) is 24.8 Å². The van der Waals surface area contributed by atoms with Crippen molar-refractivity contribution < 1.29 is 9.90 Å².